The fourth-order valence-corrected chi connectivity index (χ4v) is 2.62. The molecule has 0 aliphatic rings. The van der Waals surface area contributed by atoms with E-state index in [-0.39, 0.29) is 5.75 Å². The second kappa shape index (κ2) is 9.35. The fourth-order valence-electron chi connectivity index (χ4n) is 2.62. The number of benzene rings is 3. The third kappa shape index (κ3) is 6.01. The van der Waals surface area contributed by atoms with E-state index in [2.05, 4.69) is 5.32 Å². The molecule has 1 N–H and O–H groups in total. The molecule has 30 heavy (non-hydrogen) atoms. The maximum atomic E-state index is 12.8. The van der Waals surface area contributed by atoms with E-state index in [0.29, 0.717) is 18.0 Å². The van der Waals surface area contributed by atoms with E-state index in [4.69, 9.17) is 9.47 Å². The van der Waals surface area contributed by atoms with Gasteiger partial charge in [0.2, 0.25) is 0 Å². The minimum Gasteiger partial charge on any atom is -0.489 e. The van der Waals surface area contributed by atoms with Gasteiger partial charge in [-0.3, -0.25) is 4.79 Å². The van der Waals surface area contributed by atoms with Crippen molar-refractivity contribution in [2.75, 3.05) is 5.32 Å². The number of hydrogen-bond acceptors (Lipinski definition) is 3. The molecule has 0 radical (unpaired) electrons. The summed E-state index contributed by atoms with van der Waals surface area (Å²) in [4.78, 5) is 12.3. The number of ether oxygens (including phenoxy) is 2. The van der Waals surface area contributed by atoms with Crippen molar-refractivity contribution in [3.63, 3.8) is 0 Å². The Kier molecular flexibility index (Phi) is 6.61. The standard InChI is InChI=1S/C23H20F3NO3/c1-16(30-21-9-5-8-18(14-21)23(24,25)26)22(28)27-19-10-12-20(13-11-19)29-15-17-6-3-2-4-7-17/h2-14,16H,15H2,1H3,(H,27,28). The van der Waals surface area contributed by atoms with E-state index in [1.807, 2.05) is 30.3 Å². The average molecular weight is 415 g/mol. The van der Waals surface area contributed by atoms with Crippen molar-refractivity contribution in [3.05, 3.63) is 90.0 Å². The molecule has 0 fully saturated rings. The minimum atomic E-state index is -4.48. The summed E-state index contributed by atoms with van der Waals surface area (Å²) >= 11 is 0. The zero-order chi connectivity index (χ0) is 21.6. The molecule has 0 spiro atoms. The van der Waals surface area contributed by atoms with Gasteiger partial charge in [0.05, 0.1) is 5.56 Å². The van der Waals surface area contributed by atoms with Gasteiger partial charge in [-0.15, -0.1) is 0 Å². The van der Waals surface area contributed by atoms with Gasteiger partial charge in [-0.25, -0.2) is 0 Å². The Morgan fingerprint density at radius 3 is 2.30 bits per heavy atom. The first-order chi connectivity index (χ1) is 14.3. The van der Waals surface area contributed by atoms with E-state index in [9.17, 15) is 18.0 Å². The number of carbonyl (C=O) groups is 1. The summed E-state index contributed by atoms with van der Waals surface area (Å²) in [5, 5.41) is 2.67. The molecule has 0 heterocycles. The number of alkyl halides is 3. The number of anilines is 1. The molecule has 1 atom stereocenters. The Morgan fingerprint density at radius 2 is 1.63 bits per heavy atom. The first-order valence-electron chi connectivity index (χ1n) is 9.23. The fraction of sp³-hybridized carbons (Fsp3) is 0.174. The lowest BCUT2D eigenvalue weighted by Gasteiger charge is -2.16. The Bertz CT molecular complexity index is 973. The quantitative estimate of drug-likeness (QED) is 0.539. The van der Waals surface area contributed by atoms with Crippen LogP contribution in [0.3, 0.4) is 0 Å². The summed E-state index contributed by atoms with van der Waals surface area (Å²) < 4.78 is 49.4. The van der Waals surface area contributed by atoms with Crippen LogP contribution >= 0.6 is 0 Å². The van der Waals surface area contributed by atoms with E-state index in [0.717, 1.165) is 17.7 Å². The van der Waals surface area contributed by atoms with Crippen LogP contribution in [-0.2, 0) is 17.6 Å². The van der Waals surface area contributed by atoms with Crippen molar-refractivity contribution < 1.29 is 27.4 Å². The second-order valence-corrected chi connectivity index (χ2v) is 6.57. The number of hydrogen-bond donors (Lipinski definition) is 1. The molecule has 1 amide bonds. The molecule has 0 saturated carbocycles. The molecule has 0 saturated heterocycles. The predicted molar refractivity (Wildman–Crippen MR) is 107 cm³/mol. The Labute approximate surface area is 172 Å². The van der Waals surface area contributed by atoms with Gasteiger partial charge in [0.1, 0.15) is 18.1 Å². The lowest BCUT2D eigenvalue weighted by atomic mass is 10.2. The molecular formula is C23H20F3NO3. The van der Waals surface area contributed by atoms with Gasteiger partial charge < -0.3 is 14.8 Å². The summed E-state index contributed by atoms with van der Waals surface area (Å²) in [6.45, 7) is 1.89. The SMILES string of the molecule is CC(Oc1cccc(C(F)(F)F)c1)C(=O)Nc1ccc(OCc2ccccc2)cc1. The van der Waals surface area contributed by atoms with Crippen LogP contribution in [0.5, 0.6) is 11.5 Å². The number of halogens is 3. The summed E-state index contributed by atoms with van der Waals surface area (Å²) in [6, 6.07) is 20.9. The number of carbonyl (C=O) groups excluding carboxylic acids is 1. The highest BCUT2D eigenvalue weighted by Crippen LogP contribution is 2.31. The lowest BCUT2D eigenvalue weighted by molar-refractivity contribution is -0.137. The maximum absolute atomic E-state index is 12.8. The summed E-state index contributed by atoms with van der Waals surface area (Å²) in [7, 11) is 0. The van der Waals surface area contributed by atoms with Gasteiger partial charge in [0.15, 0.2) is 6.10 Å². The van der Waals surface area contributed by atoms with E-state index < -0.39 is 23.8 Å². The molecule has 4 nitrogen and oxygen atoms in total. The zero-order valence-electron chi connectivity index (χ0n) is 16.1. The lowest BCUT2D eigenvalue weighted by Crippen LogP contribution is -2.30. The Hall–Kier alpha value is -3.48. The van der Waals surface area contributed by atoms with Gasteiger partial charge in [-0.1, -0.05) is 36.4 Å². The third-order valence-corrected chi connectivity index (χ3v) is 4.21. The number of nitrogens with one attached hydrogen (secondary N) is 1. The normalized spacial score (nSPS) is 12.1. The molecule has 3 aromatic rings. The molecule has 3 rings (SSSR count). The van der Waals surface area contributed by atoms with E-state index in [1.165, 1.54) is 19.1 Å². The Morgan fingerprint density at radius 1 is 0.933 bits per heavy atom. The predicted octanol–water partition coefficient (Wildman–Crippen LogP) is 5.69. The van der Waals surface area contributed by atoms with E-state index >= 15 is 0 Å². The van der Waals surface area contributed by atoms with Crippen molar-refractivity contribution in [3.8, 4) is 11.5 Å². The second-order valence-electron chi connectivity index (χ2n) is 6.57. The van der Waals surface area contributed by atoms with Crippen LogP contribution < -0.4 is 14.8 Å². The molecule has 0 aliphatic carbocycles. The summed E-state index contributed by atoms with van der Waals surface area (Å²) in [5.74, 6) is 0.132. The van der Waals surface area contributed by atoms with Crippen LogP contribution in [-0.4, -0.2) is 12.0 Å². The zero-order valence-corrected chi connectivity index (χ0v) is 16.1. The van der Waals surface area contributed by atoms with Crippen molar-refractivity contribution in [1.29, 1.82) is 0 Å². The van der Waals surface area contributed by atoms with Crippen molar-refractivity contribution in [2.24, 2.45) is 0 Å². The van der Waals surface area contributed by atoms with Gasteiger partial charge in [0.25, 0.3) is 5.91 Å². The smallest absolute Gasteiger partial charge is 0.416 e. The summed E-state index contributed by atoms with van der Waals surface area (Å²) in [6.07, 6.45) is -5.46. The van der Waals surface area contributed by atoms with Crippen LogP contribution in [0.1, 0.15) is 18.1 Å². The van der Waals surface area contributed by atoms with Crippen LogP contribution in [0.25, 0.3) is 0 Å². The first-order valence-corrected chi connectivity index (χ1v) is 9.23. The molecule has 7 heteroatoms. The van der Waals surface area contributed by atoms with Crippen molar-refractivity contribution >= 4 is 11.6 Å². The highest BCUT2D eigenvalue weighted by Gasteiger charge is 2.30. The molecule has 0 aliphatic heterocycles. The molecule has 156 valence electrons. The topological polar surface area (TPSA) is 47.6 Å². The highest BCUT2D eigenvalue weighted by molar-refractivity contribution is 5.94. The van der Waals surface area contributed by atoms with Gasteiger partial charge >= 0.3 is 6.18 Å². The average Bonchev–Trinajstić information content (AvgIpc) is 2.73. The number of rotatable bonds is 7. The molecular weight excluding hydrogens is 395 g/mol. The maximum Gasteiger partial charge on any atom is 0.416 e. The van der Waals surface area contributed by atoms with Crippen molar-refractivity contribution in [2.45, 2.75) is 25.8 Å². The first kappa shape index (κ1) is 21.2. The van der Waals surface area contributed by atoms with E-state index in [1.54, 1.807) is 24.3 Å². The van der Waals surface area contributed by atoms with Crippen LogP contribution in [0.2, 0.25) is 0 Å². The third-order valence-electron chi connectivity index (χ3n) is 4.21. The monoisotopic (exact) mass is 415 g/mol. The number of amides is 1. The molecule has 3 aromatic carbocycles. The summed E-state index contributed by atoms with van der Waals surface area (Å²) in [5.41, 5.74) is 0.723. The molecule has 1 unspecified atom stereocenters. The Balaban J connectivity index is 1.54. The van der Waals surface area contributed by atoms with Gasteiger partial charge in [-0.2, -0.15) is 13.2 Å². The molecule has 0 aromatic heterocycles. The van der Waals surface area contributed by atoms with Gasteiger partial charge in [0, 0.05) is 5.69 Å². The highest BCUT2D eigenvalue weighted by atomic mass is 19.4. The van der Waals surface area contributed by atoms with Gasteiger partial charge in [-0.05, 0) is 55.0 Å². The molecule has 0 bridgehead atoms. The van der Waals surface area contributed by atoms with Crippen LogP contribution in [0, 0.1) is 0 Å². The van der Waals surface area contributed by atoms with Crippen LogP contribution in [0.4, 0.5) is 18.9 Å². The minimum absolute atomic E-state index is 0.0304. The van der Waals surface area contributed by atoms with Crippen LogP contribution in [0.15, 0.2) is 78.9 Å². The van der Waals surface area contributed by atoms with Crippen molar-refractivity contribution in [1.82, 2.24) is 0 Å². The largest absolute Gasteiger partial charge is 0.489 e.